The second kappa shape index (κ2) is 10.3. The number of benzene rings is 2. The Morgan fingerprint density at radius 3 is 2.38 bits per heavy atom. The van der Waals surface area contributed by atoms with Crippen LogP contribution in [-0.2, 0) is 6.54 Å². The molecule has 4 heterocycles. The molecule has 1 fully saturated rings. The Morgan fingerprint density at radius 2 is 1.70 bits per heavy atom. The number of hydrogen-bond donors (Lipinski definition) is 0. The van der Waals surface area contributed by atoms with E-state index in [0.29, 0.717) is 22.2 Å². The molecular formula is C28H24F4N6O2. The van der Waals surface area contributed by atoms with Crippen molar-refractivity contribution in [2.24, 2.45) is 0 Å². The monoisotopic (exact) mass is 552 g/mol. The van der Waals surface area contributed by atoms with Crippen molar-refractivity contribution >= 4 is 11.0 Å². The summed E-state index contributed by atoms with van der Waals surface area (Å²) < 4.78 is 64.3. The Morgan fingerprint density at radius 1 is 0.950 bits per heavy atom. The van der Waals surface area contributed by atoms with Crippen molar-refractivity contribution in [1.82, 2.24) is 29.2 Å². The van der Waals surface area contributed by atoms with Gasteiger partial charge in [0.15, 0.2) is 0 Å². The van der Waals surface area contributed by atoms with Gasteiger partial charge in [-0.25, -0.2) is 13.6 Å². The van der Waals surface area contributed by atoms with E-state index in [1.807, 2.05) is 7.05 Å². The van der Waals surface area contributed by atoms with Crippen molar-refractivity contribution < 1.29 is 22.0 Å². The number of rotatable bonds is 6. The third-order valence-electron chi connectivity index (χ3n) is 7.35. The predicted molar refractivity (Wildman–Crippen MR) is 139 cm³/mol. The van der Waals surface area contributed by atoms with E-state index < -0.39 is 24.0 Å². The van der Waals surface area contributed by atoms with Crippen molar-refractivity contribution in [3.63, 3.8) is 0 Å². The topological polar surface area (TPSA) is 82.0 Å². The molecule has 40 heavy (non-hydrogen) atoms. The number of imidazole rings is 1. The molecule has 0 spiro atoms. The Kier molecular flexibility index (Phi) is 6.70. The summed E-state index contributed by atoms with van der Waals surface area (Å²) in [5.74, 6) is -2.33. The van der Waals surface area contributed by atoms with Gasteiger partial charge in [-0.2, -0.15) is 8.78 Å². The van der Waals surface area contributed by atoms with Crippen LogP contribution < -0.4 is 5.69 Å². The number of likely N-dealkylation sites (tertiary alicyclic amines) is 1. The van der Waals surface area contributed by atoms with Gasteiger partial charge < -0.3 is 9.32 Å². The Labute approximate surface area is 225 Å². The Bertz CT molecular complexity index is 1740. The van der Waals surface area contributed by atoms with Crippen molar-refractivity contribution in [2.75, 3.05) is 20.1 Å². The first-order valence-electron chi connectivity index (χ1n) is 12.7. The lowest BCUT2D eigenvalue weighted by Crippen LogP contribution is -2.36. The largest absolute Gasteiger partial charge is 0.415 e. The van der Waals surface area contributed by atoms with Crippen LogP contribution in [0.2, 0.25) is 0 Å². The summed E-state index contributed by atoms with van der Waals surface area (Å²) in [6, 6.07) is 10.2. The highest BCUT2D eigenvalue weighted by atomic mass is 19.3. The maximum Gasteiger partial charge on any atom is 0.329 e. The molecule has 2 aromatic carbocycles. The molecule has 1 aliphatic rings. The zero-order valence-corrected chi connectivity index (χ0v) is 21.4. The van der Waals surface area contributed by atoms with E-state index in [1.165, 1.54) is 22.8 Å². The molecule has 0 radical (unpaired) electrons. The molecule has 0 bridgehead atoms. The van der Waals surface area contributed by atoms with E-state index in [1.54, 1.807) is 35.2 Å². The second-order valence-electron chi connectivity index (χ2n) is 9.88. The summed E-state index contributed by atoms with van der Waals surface area (Å²) >= 11 is 0. The minimum absolute atomic E-state index is 0.100. The lowest BCUT2D eigenvalue weighted by molar-refractivity contribution is 0.116. The van der Waals surface area contributed by atoms with E-state index in [-0.39, 0.29) is 35.3 Å². The second-order valence-corrected chi connectivity index (χ2v) is 9.88. The number of halogens is 4. The van der Waals surface area contributed by atoms with E-state index in [4.69, 9.17) is 4.42 Å². The van der Waals surface area contributed by atoms with Gasteiger partial charge in [-0.05, 0) is 68.9 Å². The van der Waals surface area contributed by atoms with Gasteiger partial charge >= 0.3 is 12.1 Å². The van der Waals surface area contributed by atoms with Gasteiger partial charge in [0.1, 0.15) is 11.6 Å². The first-order valence-corrected chi connectivity index (χ1v) is 12.7. The zero-order chi connectivity index (χ0) is 28.0. The minimum Gasteiger partial charge on any atom is -0.415 e. The normalized spacial score (nSPS) is 14.9. The molecule has 3 aromatic heterocycles. The van der Waals surface area contributed by atoms with Gasteiger partial charge in [0, 0.05) is 41.2 Å². The van der Waals surface area contributed by atoms with E-state index in [9.17, 15) is 13.6 Å². The van der Waals surface area contributed by atoms with Crippen LogP contribution in [0.1, 0.15) is 36.8 Å². The van der Waals surface area contributed by atoms with Crippen molar-refractivity contribution in [1.29, 1.82) is 0 Å². The number of piperidine rings is 1. The number of pyridine rings is 1. The van der Waals surface area contributed by atoms with E-state index >= 15 is 8.78 Å². The lowest BCUT2D eigenvalue weighted by Gasteiger charge is -2.29. The average Bonchev–Trinajstić information content (AvgIpc) is 3.54. The Hall–Kier alpha value is -4.32. The maximum absolute atomic E-state index is 15.4. The SMILES string of the molecule is CN1CCC(n2c(=O)n(Cc3ccc(-c4nnc(C(F)F)o4)cc3F)c3cc(F)c(-c4ccncc4)cc32)CC1. The maximum atomic E-state index is 15.4. The fraction of sp³-hybridized carbons (Fsp3) is 0.286. The fourth-order valence-corrected chi connectivity index (χ4v) is 5.23. The quantitative estimate of drug-likeness (QED) is 0.261. The van der Waals surface area contributed by atoms with Crippen molar-refractivity contribution in [3.8, 4) is 22.6 Å². The van der Waals surface area contributed by atoms with Crippen LogP contribution in [0.5, 0.6) is 0 Å². The predicted octanol–water partition coefficient (Wildman–Crippen LogP) is 5.45. The molecule has 0 N–H and O–H groups in total. The van der Waals surface area contributed by atoms with Crippen LogP contribution in [0.15, 0.2) is 64.1 Å². The van der Waals surface area contributed by atoms with Gasteiger partial charge in [-0.1, -0.05) is 6.07 Å². The molecule has 6 rings (SSSR count). The molecule has 0 saturated carbocycles. The molecular weight excluding hydrogens is 528 g/mol. The first-order chi connectivity index (χ1) is 19.3. The van der Waals surface area contributed by atoms with Gasteiger partial charge in [0.25, 0.3) is 5.89 Å². The number of nitrogens with zero attached hydrogens (tertiary/aromatic N) is 6. The highest BCUT2D eigenvalue weighted by molar-refractivity contribution is 5.83. The number of aromatic nitrogens is 5. The fourth-order valence-electron chi connectivity index (χ4n) is 5.23. The zero-order valence-electron chi connectivity index (χ0n) is 21.4. The first kappa shape index (κ1) is 25.9. The van der Waals surface area contributed by atoms with Crippen LogP contribution in [0.3, 0.4) is 0 Å². The summed E-state index contributed by atoms with van der Waals surface area (Å²) in [6.45, 7) is 1.45. The third-order valence-corrected chi connectivity index (χ3v) is 7.35. The van der Waals surface area contributed by atoms with Gasteiger partial charge in [-0.15, -0.1) is 10.2 Å². The van der Waals surface area contributed by atoms with Crippen LogP contribution in [0.25, 0.3) is 33.6 Å². The summed E-state index contributed by atoms with van der Waals surface area (Å²) in [7, 11) is 2.02. The van der Waals surface area contributed by atoms with E-state index in [2.05, 4.69) is 20.1 Å². The molecule has 1 saturated heterocycles. The summed E-state index contributed by atoms with van der Waals surface area (Å²) in [6.07, 6.45) is 1.68. The lowest BCUT2D eigenvalue weighted by atomic mass is 10.0. The molecule has 5 aromatic rings. The van der Waals surface area contributed by atoms with Crippen LogP contribution in [0.4, 0.5) is 17.6 Å². The third kappa shape index (κ3) is 4.68. The highest BCUT2D eigenvalue weighted by Crippen LogP contribution is 2.32. The smallest absolute Gasteiger partial charge is 0.329 e. The van der Waals surface area contributed by atoms with Crippen molar-refractivity contribution in [2.45, 2.75) is 31.9 Å². The highest BCUT2D eigenvalue weighted by Gasteiger charge is 2.26. The van der Waals surface area contributed by atoms with Crippen LogP contribution >= 0.6 is 0 Å². The molecule has 1 aliphatic heterocycles. The minimum atomic E-state index is -2.95. The molecule has 12 heteroatoms. The number of fused-ring (bicyclic) bond motifs is 1. The van der Waals surface area contributed by atoms with Gasteiger partial charge in [-0.3, -0.25) is 14.1 Å². The molecule has 0 aliphatic carbocycles. The molecule has 0 atom stereocenters. The number of hydrogen-bond acceptors (Lipinski definition) is 6. The summed E-state index contributed by atoms with van der Waals surface area (Å²) in [5, 5.41) is 6.82. The molecule has 0 unspecified atom stereocenters. The molecule has 0 amide bonds. The molecule has 8 nitrogen and oxygen atoms in total. The summed E-state index contributed by atoms with van der Waals surface area (Å²) in [4.78, 5) is 20.0. The molecule has 206 valence electrons. The van der Waals surface area contributed by atoms with Crippen molar-refractivity contribution in [3.05, 3.63) is 88.4 Å². The standard InChI is InChI=1S/C28H24F4N6O2/c1-36-10-6-19(7-11-36)38-24-13-20(16-4-8-33-9-5-16)22(30)14-23(24)37(28(38)39)15-18-3-2-17(12-21(18)29)26-34-35-27(40-26)25(31)32/h2-5,8-9,12-14,19,25H,6-7,10-11,15H2,1H3. The van der Waals surface area contributed by atoms with Gasteiger partial charge in [0.05, 0.1) is 17.6 Å². The average molecular weight is 553 g/mol. The van der Waals surface area contributed by atoms with E-state index in [0.717, 1.165) is 32.0 Å². The van der Waals surface area contributed by atoms with Crippen LogP contribution in [-0.4, -0.2) is 49.4 Å². The Balaban J connectivity index is 1.44. The number of alkyl halides is 2. The van der Waals surface area contributed by atoms with Gasteiger partial charge in [0.2, 0.25) is 5.89 Å². The van der Waals surface area contributed by atoms with Crippen LogP contribution in [0, 0.1) is 11.6 Å². The summed E-state index contributed by atoms with van der Waals surface area (Å²) in [5.41, 5.74) is 1.79.